The number of rotatable bonds is 2. The number of hydrogen-bond donors (Lipinski definition) is 0. The molecule has 0 N–H and O–H groups in total. The zero-order chi connectivity index (χ0) is 15.1. The number of nitriles is 1. The van der Waals surface area contributed by atoms with E-state index < -0.39 is 0 Å². The number of thiophene rings is 1. The van der Waals surface area contributed by atoms with Crippen LogP contribution >= 0.6 is 22.7 Å². The van der Waals surface area contributed by atoms with Gasteiger partial charge in [0.05, 0.1) is 4.88 Å². The van der Waals surface area contributed by atoms with Crippen LogP contribution in [0.5, 0.6) is 0 Å². The van der Waals surface area contributed by atoms with E-state index in [4.69, 9.17) is 0 Å². The third kappa shape index (κ3) is 2.03. The van der Waals surface area contributed by atoms with Crippen LogP contribution in [-0.2, 0) is 0 Å². The highest BCUT2D eigenvalue weighted by Gasteiger charge is 2.18. The van der Waals surface area contributed by atoms with Crippen LogP contribution in [0.15, 0.2) is 41.8 Å². The molecule has 4 rings (SSSR count). The van der Waals surface area contributed by atoms with Crippen molar-refractivity contribution in [1.82, 2.24) is 14.6 Å². The summed E-state index contributed by atoms with van der Waals surface area (Å²) in [5.74, 6) is 0. The lowest BCUT2D eigenvalue weighted by molar-refractivity contribution is 0.960. The van der Waals surface area contributed by atoms with Gasteiger partial charge in [0.15, 0.2) is 5.69 Å². The molecule has 3 heterocycles. The zero-order valence-corrected chi connectivity index (χ0v) is 13.3. The van der Waals surface area contributed by atoms with E-state index in [-0.39, 0.29) is 0 Å². The van der Waals surface area contributed by atoms with Crippen LogP contribution in [-0.4, -0.2) is 14.6 Å². The van der Waals surface area contributed by atoms with Gasteiger partial charge in [0.25, 0.3) is 0 Å². The fourth-order valence-electron chi connectivity index (χ4n) is 2.33. The molecule has 0 spiro atoms. The summed E-state index contributed by atoms with van der Waals surface area (Å²) < 4.78 is 1.65. The van der Waals surface area contributed by atoms with Gasteiger partial charge in [-0.1, -0.05) is 41.2 Å². The molecule has 0 unspecified atom stereocenters. The van der Waals surface area contributed by atoms with Crippen molar-refractivity contribution in [2.45, 2.75) is 6.92 Å². The molecular weight excluding hydrogens is 312 g/mol. The van der Waals surface area contributed by atoms with Gasteiger partial charge in [-0.15, -0.1) is 11.3 Å². The third-order valence-electron chi connectivity index (χ3n) is 3.33. The number of benzene rings is 1. The SMILES string of the molecule is Cc1cccc(-c2nn3c(C#N)c(-c4cccs4)nc3s2)c1. The molecule has 0 saturated heterocycles. The highest BCUT2D eigenvalue weighted by atomic mass is 32.1. The number of nitrogens with zero attached hydrogens (tertiary/aromatic N) is 4. The first-order valence-corrected chi connectivity index (χ1v) is 8.36. The second-order valence-corrected chi connectivity index (χ2v) is 6.77. The van der Waals surface area contributed by atoms with Gasteiger partial charge in [-0.3, -0.25) is 0 Å². The van der Waals surface area contributed by atoms with Crippen LogP contribution in [0.1, 0.15) is 11.3 Å². The number of hydrogen-bond acceptors (Lipinski definition) is 5. The number of aromatic nitrogens is 3. The second-order valence-electron chi connectivity index (χ2n) is 4.87. The highest BCUT2D eigenvalue weighted by molar-refractivity contribution is 7.20. The largest absolute Gasteiger partial charge is 0.215 e. The summed E-state index contributed by atoms with van der Waals surface area (Å²) in [6.45, 7) is 2.05. The molecule has 0 bridgehead atoms. The van der Waals surface area contributed by atoms with Crippen molar-refractivity contribution in [3.8, 4) is 27.2 Å². The first-order chi connectivity index (χ1) is 10.8. The van der Waals surface area contributed by atoms with Crippen LogP contribution in [0, 0.1) is 18.3 Å². The predicted molar refractivity (Wildman–Crippen MR) is 89.1 cm³/mol. The predicted octanol–water partition coefficient (Wildman–Crippen LogP) is 4.37. The maximum Gasteiger partial charge on any atom is 0.214 e. The smallest absolute Gasteiger partial charge is 0.214 e. The summed E-state index contributed by atoms with van der Waals surface area (Å²) >= 11 is 3.08. The first kappa shape index (κ1) is 13.2. The Bertz CT molecular complexity index is 1000. The Kier molecular flexibility index (Phi) is 3.03. The van der Waals surface area contributed by atoms with Gasteiger partial charge in [-0.25, -0.2) is 4.98 Å². The van der Waals surface area contributed by atoms with Gasteiger partial charge in [0, 0.05) is 5.56 Å². The Morgan fingerprint density at radius 1 is 1.23 bits per heavy atom. The van der Waals surface area contributed by atoms with E-state index in [1.54, 1.807) is 15.9 Å². The fourth-order valence-corrected chi connectivity index (χ4v) is 3.94. The van der Waals surface area contributed by atoms with Crippen molar-refractivity contribution in [1.29, 1.82) is 5.26 Å². The molecule has 22 heavy (non-hydrogen) atoms. The summed E-state index contributed by atoms with van der Waals surface area (Å²) in [6.07, 6.45) is 0. The molecule has 0 radical (unpaired) electrons. The van der Waals surface area contributed by atoms with Crippen LogP contribution < -0.4 is 0 Å². The summed E-state index contributed by atoms with van der Waals surface area (Å²) in [5.41, 5.74) is 3.45. The summed E-state index contributed by atoms with van der Waals surface area (Å²) in [6, 6.07) is 14.3. The molecule has 4 nitrogen and oxygen atoms in total. The molecule has 0 aliphatic rings. The van der Waals surface area contributed by atoms with Gasteiger partial charge >= 0.3 is 0 Å². The maximum absolute atomic E-state index is 9.49. The Hall–Kier alpha value is -2.49. The van der Waals surface area contributed by atoms with Crippen LogP contribution in [0.2, 0.25) is 0 Å². The van der Waals surface area contributed by atoms with E-state index in [0.29, 0.717) is 11.4 Å². The second kappa shape index (κ2) is 5.05. The van der Waals surface area contributed by atoms with E-state index in [1.165, 1.54) is 16.9 Å². The zero-order valence-electron chi connectivity index (χ0n) is 11.6. The first-order valence-electron chi connectivity index (χ1n) is 6.67. The van der Waals surface area contributed by atoms with Crippen LogP contribution in [0.25, 0.3) is 26.1 Å². The lowest BCUT2D eigenvalue weighted by Crippen LogP contribution is -1.90. The Morgan fingerprint density at radius 3 is 2.86 bits per heavy atom. The number of imidazole rings is 1. The molecule has 0 aliphatic heterocycles. The van der Waals surface area contributed by atoms with E-state index >= 15 is 0 Å². The van der Waals surface area contributed by atoms with Gasteiger partial charge in [-0.05, 0) is 24.4 Å². The molecule has 106 valence electrons. The molecule has 1 aromatic carbocycles. The normalized spacial score (nSPS) is 10.9. The molecule has 0 fully saturated rings. The van der Waals surface area contributed by atoms with Gasteiger partial charge < -0.3 is 0 Å². The number of aryl methyl sites for hydroxylation is 1. The van der Waals surface area contributed by atoms with Crippen molar-refractivity contribution in [3.05, 3.63) is 53.0 Å². The van der Waals surface area contributed by atoms with E-state index in [2.05, 4.69) is 35.2 Å². The van der Waals surface area contributed by atoms with Crippen molar-refractivity contribution in [2.75, 3.05) is 0 Å². The quantitative estimate of drug-likeness (QED) is 0.551. The average Bonchev–Trinajstić information content (AvgIpc) is 3.22. The molecular formula is C16H10N4S2. The molecule has 0 aliphatic carbocycles. The lowest BCUT2D eigenvalue weighted by atomic mass is 10.1. The molecule has 6 heteroatoms. The van der Waals surface area contributed by atoms with Gasteiger partial charge in [0.2, 0.25) is 4.96 Å². The lowest BCUT2D eigenvalue weighted by Gasteiger charge is -1.97. The van der Waals surface area contributed by atoms with E-state index in [1.807, 2.05) is 29.6 Å². The molecule has 3 aromatic heterocycles. The van der Waals surface area contributed by atoms with Crippen molar-refractivity contribution in [2.24, 2.45) is 0 Å². The monoisotopic (exact) mass is 322 g/mol. The Balaban J connectivity index is 1.90. The molecule has 0 amide bonds. The van der Waals surface area contributed by atoms with E-state index in [9.17, 15) is 5.26 Å². The highest BCUT2D eigenvalue weighted by Crippen LogP contribution is 2.32. The van der Waals surface area contributed by atoms with Crippen LogP contribution in [0.4, 0.5) is 0 Å². The molecule has 0 atom stereocenters. The maximum atomic E-state index is 9.49. The Labute approximate surface area is 134 Å². The van der Waals surface area contributed by atoms with E-state index in [0.717, 1.165) is 20.4 Å². The van der Waals surface area contributed by atoms with Crippen LogP contribution in [0.3, 0.4) is 0 Å². The molecule has 0 saturated carbocycles. The van der Waals surface area contributed by atoms with Gasteiger partial charge in [-0.2, -0.15) is 14.9 Å². The van der Waals surface area contributed by atoms with Crippen molar-refractivity contribution < 1.29 is 0 Å². The minimum absolute atomic E-state index is 0.493. The average molecular weight is 322 g/mol. The summed E-state index contributed by atoms with van der Waals surface area (Å²) in [7, 11) is 0. The van der Waals surface area contributed by atoms with Crippen molar-refractivity contribution >= 4 is 27.6 Å². The van der Waals surface area contributed by atoms with Crippen molar-refractivity contribution in [3.63, 3.8) is 0 Å². The topological polar surface area (TPSA) is 54.0 Å². The summed E-state index contributed by atoms with van der Waals surface area (Å²) in [5, 5.41) is 16.9. The number of fused-ring (bicyclic) bond motifs is 1. The minimum atomic E-state index is 0.493. The summed E-state index contributed by atoms with van der Waals surface area (Å²) in [4.78, 5) is 6.34. The minimum Gasteiger partial charge on any atom is -0.215 e. The molecule has 4 aromatic rings. The standard InChI is InChI=1S/C16H10N4S2/c1-10-4-2-5-11(8-10)15-19-20-12(9-17)14(18-16(20)22-15)13-6-3-7-21-13/h2-8H,1H3. The third-order valence-corrected chi connectivity index (χ3v) is 5.16. The fraction of sp³-hybridized carbons (Fsp3) is 0.0625. The Morgan fingerprint density at radius 2 is 2.14 bits per heavy atom. The van der Waals surface area contributed by atoms with Gasteiger partial charge in [0.1, 0.15) is 16.8 Å².